The van der Waals surface area contributed by atoms with Gasteiger partial charge in [0.2, 0.25) is 0 Å². The van der Waals surface area contributed by atoms with E-state index in [-0.39, 0.29) is 35.9 Å². The third kappa shape index (κ3) is 8.23. The number of nitrogens with one attached hydrogen (secondary N) is 3. The number of nitrogens with zero attached hydrogens (tertiary/aromatic N) is 5. The van der Waals surface area contributed by atoms with E-state index in [4.69, 9.17) is 4.74 Å². The van der Waals surface area contributed by atoms with Crippen molar-refractivity contribution in [3.8, 4) is 0 Å². The largest absolute Gasteiger partial charge is 0.377 e. The van der Waals surface area contributed by atoms with Gasteiger partial charge in [-0.25, -0.2) is 9.67 Å². The molecule has 1 aliphatic heterocycles. The van der Waals surface area contributed by atoms with Crippen LogP contribution in [0.25, 0.3) is 0 Å². The number of likely N-dealkylation sites (N-methyl/N-ethyl adjacent to an activating group) is 1. The van der Waals surface area contributed by atoms with E-state index in [0.29, 0.717) is 25.3 Å². The first-order chi connectivity index (χ1) is 15.5. The first-order valence-corrected chi connectivity index (χ1v) is 10.9. The highest BCUT2D eigenvalue weighted by molar-refractivity contribution is 14.0. The van der Waals surface area contributed by atoms with Crippen LogP contribution in [-0.4, -0.2) is 78.9 Å². The monoisotopic (exact) mass is 570 g/mol. The molecule has 33 heavy (non-hydrogen) atoms. The van der Waals surface area contributed by atoms with Crippen molar-refractivity contribution in [2.45, 2.75) is 38.6 Å². The van der Waals surface area contributed by atoms with Crippen molar-refractivity contribution in [3.05, 3.63) is 47.0 Å². The van der Waals surface area contributed by atoms with E-state index < -0.39 is 0 Å². The van der Waals surface area contributed by atoms with Crippen LogP contribution in [0.5, 0.6) is 0 Å². The summed E-state index contributed by atoms with van der Waals surface area (Å²) >= 11 is 0. The van der Waals surface area contributed by atoms with E-state index in [0.717, 1.165) is 49.1 Å². The van der Waals surface area contributed by atoms with Gasteiger partial charge in [0, 0.05) is 51.8 Å². The number of ether oxygens (including phenoxy) is 1. The number of guanidine groups is 1. The molecule has 1 unspecified atom stereocenters. The molecule has 0 fully saturated rings. The first kappa shape index (κ1) is 27.0. The van der Waals surface area contributed by atoms with E-state index >= 15 is 0 Å². The number of halogens is 1. The minimum Gasteiger partial charge on any atom is -0.377 e. The van der Waals surface area contributed by atoms with Crippen molar-refractivity contribution in [2.24, 2.45) is 4.99 Å². The van der Waals surface area contributed by atoms with Gasteiger partial charge in [0.15, 0.2) is 11.8 Å². The Morgan fingerprint density at radius 1 is 1.33 bits per heavy atom. The van der Waals surface area contributed by atoms with Crippen molar-refractivity contribution < 1.29 is 9.53 Å². The molecule has 11 heteroatoms. The Kier molecular flexibility index (Phi) is 11.0. The number of amides is 1. The zero-order valence-corrected chi connectivity index (χ0v) is 22.1. The average molecular weight is 570 g/mol. The molecule has 1 amide bonds. The van der Waals surface area contributed by atoms with Gasteiger partial charge in [0.05, 0.1) is 6.54 Å². The summed E-state index contributed by atoms with van der Waals surface area (Å²) in [6, 6.07) is 7.84. The fourth-order valence-corrected chi connectivity index (χ4v) is 3.56. The molecule has 0 bridgehead atoms. The van der Waals surface area contributed by atoms with Crippen LogP contribution in [0.2, 0.25) is 0 Å². The summed E-state index contributed by atoms with van der Waals surface area (Å²) in [5.74, 6) is 2.38. The molecule has 10 nitrogen and oxygen atoms in total. The second-order valence-electron chi connectivity index (χ2n) is 8.12. The number of benzene rings is 1. The Hall–Kier alpha value is -2.25. The zero-order chi connectivity index (χ0) is 22.9. The van der Waals surface area contributed by atoms with Crippen LogP contribution >= 0.6 is 24.0 Å². The lowest BCUT2D eigenvalue weighted by Crippen LogP contribution is -2.46. The van der Waals surface area contributed by atoms with Crippen molar-refractivity contribution >= 4 is 35.8 Å². The number of aryl methyl sites for hydroxylation is 1. The van der Waals surface area contributed by atoms with Gasteiger partial charge in [-0.15, -0.1) is 24.0 Å². The highest BCUT2D eigenvalue weighted by Gasteiger charge is 2.22. The SMILES string of the molecule is CN=C(NCc1cccc(C(=O)NCCN(C)C)c1)NC1CCc2nc(COC)nn2C1.I. The number of rotatable bonds is 9. The number of hydrogen-bond acceptors (Lipinski definition) is 6. The molecule has 2 heterocycles. The highest BCUT2D eigenvalue weighted by atomic mass is 127. The van der Waals surface area contributed by atoms with Gasteiger partial charge in [0.25, 0.3) is 5.91 Å². The molecule has 0 aliphatic carbocycles. The third-order valence-corrected chi connectivity index (χ3v) is 5.23. The van der Waals surface area contributed by atoms with E-state index in [1.165, 1.54) is 0 Å². The van der Waals surface area contributed by atoms with Crippen LogP contribution in [0.15, 0.2) is 29.3 Å². The highest BCUT2D eigenvalue weighted by Crippen LogP contribution is 2.13. The number of hydrogen-bond donors (Lipinski definition) is 3. The van der Waals surface area contributed by atoms with Gasteiger partial charge in [-0.3, -0.25) is 9.79 Å². The number of carbonyl (C=O) groups is 1. The summed E-state index contributed by atoms with van der Waals surface area (Å²) < 4.78 is 7.08. The molecular weight excluding hydrogens is 535 g/mol. The lowest BCUT2D eigenvalue weighted by molar-refractivity contribution is 0.0951. The van der Waals surface area contributed by atoms with Crippen LogP contribution in [0.1, 0.15) is 34.0 Å². The molecule has 182 valence electrons. The topological polar surface area (TPSA) is 109 Å². The average Bonchev–Trinajstić information content (AvgIpc) is 3.18. The van der Waals surface area contributed by atoms with Gasteiger partial charge in [-0.05, 0) is 38.2 Å². The lowest BCUT2D eigenvalue weighted by Gasteiger charge is -2.25. The van der Waals surface area contributed by atoms with Gasteiger partial charge in [0.1, 0.15) is 12.4 Å². The molecule has 1 aromatic carbocycles. The maximum Gasteiger partial charge on any atom is 0.251 e. The predicted octanol–water partition coefficient (Wildman–Crippen LogP) is 1.01. The molecular formula is C22H35IN8O2. The Morgan fingerprint density at radius 2 is 2.15 bits per heavy atom. The van der Waals surface area contributed by atoms with Crippen LogP contribution in [-0.2, 0) is 30.9 Å². The molecule has 0 spiro atoms. The van der Waals surface area contributed by atoms with Crippen molar-refractivity contribution in [3.63, 3.8) is 0 Å². The second-order valence-corrected chi connectivity index (χ2v) is 8.12. The quantitative estimate of drug-likeness (QED) is 0.235. The Morgan fingerprint density at radius 3 is 2.88 bits per heavy atom. The summed E-state index contributed by atoms with van der Waals surface area (Å²) in [5.41, 5.74) is 1.67. The minimum atomic E-state index is -0.0603. The maximum atomic E-state index is 12.4. The number of aromatic nitrogens is 3. The van der Waals surface area contributed by atoms with Gasteiger partial charge in [-0.1, -0.05) is 12.1 Å². The van der Waals surface area contributed by atoms with Crippen LogP contribution in [0.3, 0.4) is 0 Å². The summed E-state index contributed by atoms with van der Waals surface area (Å²) in [4.78, 5) is 23.3. The lowest BCUT2D eigenvalue weighted by atomic mass is 10.1. The fraction of sp³-hybridized carbons (Fsp3) is 0.545. The minimum absolute atomic E-state index is 0. The Labute approximate surface area is 212 Å². The first-order valence-electron chi connectivity index (χ1n) is 10.9. The van der Waals surface area contributed by atoms with E-state index in [1.807, 2.05) is 47.9 Å². The smallest absolute Gasteiger partial charge is 0.251 e. The molecule has 1 aliphatic rings. The number of methoxy groups -OCH3 is 1. The summed E-state index contributed by atoms with van der Waals surface area (Å²) in [6.45, 7) is 3.15. The molecule has 0 saturated heterocycles. The van der Waals surface area contributed by atoms with E-state index in [9.17, 15) is 4.79 Å². The second kappa shape index (κ2) is 13.5. The van der Waals surface area contributed by atoms with Gasteiger partial charge >= 0.3 is 0 Å². The summed E-state index contributed by atoms with van der Waals surface area (Å²) in [5, 5.41) is 14.3. The number of fused-ring (bicyclic) bond motifs is 1. The zero-order valence-electron chi connectivity index (χ0n) is 19.8. The summed E-state index contributed by atoms with van der Waals surface area (Å²) in [7, 11) is 7.37. The van der Waals surface area contributed by atoms with E-state index in [1.54, 1.807) is 14.2 Å². The van der Waals surface area contributed by atoms with Crippen molar-refractivity contribution in [1.29, 1.82) is 0 Å². The van der Waals surface area contributed by atoms with Crippen LogP contribution in [0, 0.1) is 0 Å². The predicted molar refractivity (Wildman–Crippen MR) is 139 cm³/mol. The third-order valence-electron chi connectivity index (χ3n) is 5.23. The molecule has 3 rings (SSSR count). The fourth-order valence-electron chi connectivity index (χ4n) is 3.56. The molecule has 0 saturated carbocycles. The van der Waals surface area contributed by atoms with Crippen LogP contribution in [0.4, 0.5) is 0 Å². The molecule has 0 radical (unpaired) electrons. The molecule has 3 N–H and O–H groups in total. The molecule has 2 aromatic rings. The normalized spacial score (nSPS) is 15.5. The van der Waals surface area contributed by atoms with Crippen molar-refractivity contribution in [1.82, 2.24) is 35.6 Å². The Balaban J connectivity index is 0.00000385. The standard InChI is InChI=1S/C22H34N8O2.HI/c1-23-22(26-18-8-9-20-27-19(15-32-4)28-30(20)14-18)25-13-16-6-5-7-17(12-16)21(31)24-10-11-29(2)3;/h5-7,12,18H,8-11,13-15H2,1-4H3,(H,24,31)(H2,23,25,26);1H. The Bertz CT molecular complexity index is 931. The van der Waals surface area contributed by atoms with Crippen LogP contribution < -0.4 is 16.0 Å². The maximum absolute atomic E-state index is 12.4. The van der Waals surface area contributed by atoms with Crippen molar-refractivity contribution in [2.75, 3.05) is 41.3 Å². The van der Waals surface area contributed by atoms with Gasteiger partial charge in [-0.2, -0.15) is 5.10 Å². The molecule has 1 atom stereocenters. The van der Waals surface area contributed by atoms with Gasteiger partial charge < -0.3 is 25.6 Å². The molecule has 1 aromatic heterocycles. The van der Waals surface area contributed by atoms with E-state index in [2.05, 4.69) is 31.0 Å². The number of aliphatic imine (C=N–C) groups is 1. The number of carbonyl (C=O) groups excluding carboxylic acids is 1. The summed E-state index contributed by atoms with van der Waals surface area (Å²) in [6.07, 6.45) is 1.81.